The molecule has 1 fully saturated rings. The Morgan fingerprint density at radius 1 is 1.29 bits per heavy atom. The maximum Gasteiger partial charge on any atom is 0.223 e. The van der Waals surface area contributed by atoms with E-state index in [2.05, 4.69) is 5.32 Å². The number of amides is 2. The molecule has 1 aliphatic rings. The molecule has 0 bridgehead atoms. The van der Waals surface area contributed by atoms with Crippen molar-refractivity contribution in [1.82, 2.24) is 10.2 Å². The maximum absolute atomic E-state index is 12.1. The minimum atomic E-state index is -0.0266. The van der Waals surface area contributed by atoms with Gasteiger partial charge >= 0.3 is 0 Å². The van der Waals surface area contributed by atoms with Gasteiger partial charge in [0.2, 0.25) is 11.8 Å². The van der Waals surface area contributed by atoms with Gasteiger partial charge in [-0.1, -0.05) is 18.2 Å². The summed E-state index contributed by atoms with van der Waals surface area (Å²) in [5.74, 6) is 0.814. The van der Waals surface area contributed by atoms with E-state index in [1.165, 1.54) is 6.92 Å². The molecule has 1 N–H and O–H groups in total. The molecule has 1 saturated heterocycles. The van der Waals surface area contributed by atoms with Crippen molar-refractivity contribution in [2.24, 2.45) is 5.92 Å². The summed E-state index contributed by atoms with van der Waals surface area (Å²) in [6, 6.07) is 7.63. The molecule has 1 aliphatic heterocycles. The molecule has 1 aromatic carbocycles. The molecule has 0 aromatic heterocycles. The van der Waals surface area contributed by atoms with Gasteiger partial charge in [0.15, 0.2) is 0 Å². The SMILES string of the molecule is COc1ccccc1CN(CCNC(=O)C1CCOCC1)C(C)=O. The maximum atomic E-state index is 12.1. The van der Waals surface area contributed by atoms with Gasteiger partial charge in [-0.3, -0.25) is 9.59 Å². The summed E-state index contributed by atoms with van der Waals surface area (Å²) >= 11 is 0. The van der Waals surface area contributed by atoms with E-state index in [0.717, 1.165) is 24.2 Å². The monoisotopic (exact) mass is 334 g/mol. The number of para-hydroxylation sites is 1. The molecule has 2 rings (SSSR count). The highest BCUT2D eigenvalue weighted by Crippen LogP contribution is 2.19. The lowest BCUT2D eigenvalue weighted by Gasteiger charge is -2.24. The van der Waals surface area contributed by atoms with Crippen LogP contribution in [0.15, 0.2) is 24.3 Å². The first kappa shape index (κ1) is 18.3. The summed E-state index contributed by atoms with van der Waals surface area (Å²) in [6.07, 6.45) is 1.53. The fourth-order valence-corrected chi connectivity index (χ4v) is 2.81. The van der Waals surface area contributed by atoms with Crippen molar-refractivity contribution in [2.75, 3.05) is 33.4 Å². The van der Waals surface area contributed by atoms with Crippen molar-refractivity contribution < 1.29 is 19.1 Å². The molecule has 24 heavy (non-hydrogen) atoms. The summed E-state index contributed by atoms with van der Waals surface area (Å²) in [7, 11) is 1.62. The second-order valence-electron chi connectivity index (χ2n) is 5.93. The van der Waals surface area contributed by atoms with E-state index in [-0.39, 0.29) is 17.7 Å². The highest BCUT2D eigenvalue weighted by molar-refractivity contribution is 5.78. The molecule has 1 aromatic rings. The third kappa shape index (κ3) is 5.23. The van der Waals surface area contributed by atoms with E-state index < -0.39 is 0 Å². The van der Waals surface area contributed by atoms with Crippen molar-refractivity contribution in [3.05, 3.63) is 29.8 Å². The number of carbonyl (C=O) groups is 2. The molecule has 2 amide bonds. The topological polar surface area (TPSA) is 67.9 Å². The molecule has 1 heterocycles. The zero-order chi connectivity index (χ0) is 17.4. The van der Waals surface area contributed by atoms with Crippen LogP contribution in [0.3, 0.4) is 0 Å². The van der Waals surface area contributed by atoms with Gasteiger partial charge in [-0.15, -0.1) is 0 Å². The summed E-state index contributed by atoms with van der Waals surface area (Å²) in [4.78, 5) is 25.7. The Bertz CT molecular complexity index is 556. The van der Waals surface area contributed by atoms with Crippen molar-refractivity contribution >= 4 is 11.8 Å². The van der Waals surface area contributed by atoms with Gasteiger partial charge in [-0.05, 0) is 18.9 Å². The Labute approximate surface area is 143 Å². The normalized spacial score (nSPS) is 14.9. The standard InChI is InChI=1S/C18H26N2O4/c1-14(21)20(13-16-5-3-4-6-17(16)23-2)10-9-19-18(22)15-7-11-24-12-8-15/h3-6,15H,7-13H2,1-2H3,(H,19,22). The predicted molar refractivity (Wildman–Crippen MR) is 90.6 cm³/mol. The van der Waals surface area contributed by atoms with Gasteiger partial charge < -0.3 is 19.7 Å². The van der Waals surface area contributed by atoms with Crippen LogP contribution < -0.4 is 10.1 Å². The first-order chi connectivity index (χ1) is 11.6. The second kappa shape index (κ2) is 9.27. The minimum absolute atomic E-state index is 0.0266. The van der Waals surface area contributed by atoms with E-state index >= 15 is 0 Å². The zero-order valence-corrected chi connectivity index (χ0v) is 14.4. The Balaban J connectivity index is 1.85. The Morgan fingerprint density at radius 3 is 2.67 bits per heavy atom. The number of nitrogens with zero attached hydrogens (tertiary/aromatic N) is 1. The Hall–Kier alpha value is -2.08. The van der Waals surface area contributed by atoms with Crippen LogP contribution in [0.25, 0.3) is 0 Å². The largest absolute Gasteiger partial charge is 0.496 e. The highest BCUT2D eigenvalue weighted by atomic mass is 16.5. The van der Waals surface area contributed by atoms with Crippen molar-refractivity contribution in [3.63, 3.8) is 0 Å². The molecule has 0 saturated carbocycles. The Kier molecular flexibility index (Phi) is 7.06. The van der Waals surface area contributed by atoms with Gasteiger partial charge in [-0.2, -0.15) is 0 Å². The van der Waals surface area contributed by atoms with Crippen molar-refractivity contribution in [2.45, 2.75) is 26.3 Å². The predicted octanol–water partition coefficient (Wildman–Crippen LogP) is 1.59. The molecule has 0 atom stereocenters. The minimum Gasteiger partial charge on any atom is -0.496 e. The number of carbonyl (C=O) groups excluding carboxylic acids is 2. The molecule has 0 radical (unpaired) electrons. The van der Waals surface area contributed by atoms with E-state index in [4.69, 9.17) is 9.47 Å². The van der Waals surface area contributed by atoms with Gasteiger partial charge in [0.1, 0.15) is 5.75 Å². The molecular formula is C18H26N2O4. The fraction of sp³-hybridized carbons (Fsp3) is 0.556. The third-order valence-electron chi connectivity index (χ3n) is 4.27. The van der Waals surface area contributed by atoms with Gasteiger partial charge in [0, 0.05) is 51.3 Å². The van der Waals surface area contributed by atoms with E-state index in [1.807, 2.05) is 24.3 Å². The van der Waals surface area contributed by atoms with Gasteiger partial charge in [0.05, 0.1) is 7.11 Å². The number of ether oxygens (including phenoxy) is 2. The fourth-order valence-electron chi connectivity index (χ4n) is 2.81. The summed E-state index contributed by atoms with van der Waals surface area (Å²) in [5.41, 5.74) is 0.950. The van der Waals surface area contributed by atoms with E-state index in [0.29, 0.717) is 32.8 Å². The van der Waals surface area contributed by atoms with Crippen LogP contribution in [0.4, 0.5) is 0 Å². The Morgan fingerprint density at radius 2 is 2.00 bits per heavy atom. The first-order valence-corrected chi connectivity index (χ1v) is 8.34. The zero-order valence-electron chi connectivity index (χ0n) is 14.4. The van der Waals surface area contributed by atoms with Crippen LogP contribution in [-0.2, 0) is 20.9 Å². The van der Waals surface area contributed by atoms with Crippen LogP contribution in [0.1, 0.15) is 25.3 Å². The van der Waals surface area contributed by atoms with Gasteiger partial charge in [-0.25, -0.2) is 0 Å². The quantitative estimate of drug-likeness (QED) is 0.822. The van der Waals surface area contributed by atoms with Crippen LogP contribution >= 0.6 is 0 Å². The lowest BCUT2D eigenvalue weighted by molar-refractivity contribution is -0.131. The summed E-state index contributed by atoms with van der Waals surface area (Å²) in [6.45, 7) is 4.21. The number of hydrogen-bond acceptors (Lipinski definition) is 4. The first-order valence-electron chi connectivity index (χ1n) is 8.34. The number of nitrogens with one attached hydrogen (secondary N) is 1. The van der Waals surface area contributed by atoms with Crippen molar-refractivity contribution in [1.29, 1.82) is 0 Å². The number of methoxy groups -OCH3 is 1. The molecule has 6 nitrogen and oxygen atoms in total. The lowest BCUT2D eigenvalue weighted by atomic mass is 9.99. The summed E-state index contributed by atoms with van der Waals surface area (Å²) in [5, 5.41) is 2.93. The average molecular weight is 334 g/mol. The molecule has 6 heteroatoms. The van der Waals surface area contributed by atoms with E-state index in [1.54, 1.807) is 12.0 Å². The lowest BCUT2D eigenvalue weighted by Crippen LogP contribution is -2.40. The van der Waals surface area contributed by atoms with Gasteiger partial charge in [0.25, 0.3) is 0 Å². The summed E-state index contributed by atoms with van der Waals surface area (Å²) < 4.78 is 10.6. The molecule has 0 aliphatic carbocycles. The number of hydrogen-bond donors (Lipinski definition) is 1. The van der Waals surface area contributed by atoms with E-state index in [9.17, 15) is 9.59 Å². The van der Waals surface area contributed by atoms with Crippen LogP contribution in [0, 0.1) is 5.92 Å². The third-order valence-corrected chi connectivity index (χ3v) is 4.27. The van der Waals surface area contributed by atoms with Crippen molar-refractivity contribution in [3.8, 4) is 5.75 Å². The molecule has 0 spiro atoms. The van der Waals surface area contributed by atoms with Crippen LogP contribution in [0.5, 0.6) is 5.75 Å². The molecule has 0 unspecified atom stereocenters. The van der Waals surface area contributed by atoms with Crippen LogP contribution in [0.2, 0.25) is 0 Å². The smallest absolute Gasteiger partial charge is 0.223 e. The number of benzene rings is 1. The van der Waals surface area contributed by atoms with Crippen LogP contribution in [-0.4, -0.2) is 50.1 Å². The molecular weight excluding hydrogens is 308 g/mol. The average Bonchev–Trinajstić information content (AvgIpc) is 2.61. The molecule has 132 valence electrons. The highest BCUT2D eigenvalue weighted by Gasteiger charge is 2.21. The number of rotatable bonds is 7. The second-order valence-corrected chi connectivity index (χ2v) is 5.93.